The maximum absolute atomic E-state index is 12.8. The Labute approximate surface area is 154 Å². The van der Waals surface area contributed by atoms with Crippen molar-refractivity contribution in [1.82, 2.24) is 15.5 Å². The van der Waals surface area contributed by atoms with Crippen LogP contribution in [0.15, 0.2) is 24.3 Å². The molecule has 3 rings (SSSR count). The topological polar surface area (TPSA) is 78.5 Å². The molecule has 2 heterocycles. The van der Waals surface area contributed by atoms with E-state index in [1.807, 2.05) is 11.8 Å². The van der Waals surface area contributed by atoms with Crippen LogP contribution in [-0.4, -0.2) is 41.4 Å². The van der Waals surface area contributed by atoms with Crippen LogP contribution in [0.2, 0.25) is 0 Å². The lowest BCUT2D eigenvalue weighted by Crippen LogP contribution is -2.48. The summed E-state index contributed by atoms with van der Waals surface area (Å²) in [6, 6.07) is 8.09. The first-order valence-corrected chi connectivity index (χ1v) is 9.27. The molecule has 6 nitrogen and oxygen atoms in total. The second-order valence-corrected chi connectivity index (χ2v) is 7.86. The first kappa shape index (κ1) is 18.4. The average Bonchev–Trinajstić information content (AvgIpc) is 2.86. The van der Waals surface area contributed by atoms with E-state index < -0.39 is 11.6 Å². The number of amides is 4. The summed E-state index contributed by atoms with van der Waals surface area (Å²) in [6.07, 6.45) is 2.22. The minimum atomic E-state index is -1.01. The van der Waals surface area contributed by atoms with Gasteiger partial charge < -0.3 is 10.2 Å². The molecule has 2 saturated heterocycles. The summed E-state index contributed by atoms with van der Waals surface area (Å²) in [5.74, 6) is -0.130. The second kappa shape index (κ2) is 7.09. The Morgan fingerprint density at radius 1 is 1.31 bits per heavy atom. The smallest absolute Gasteiger partial charge is 0.322 e. The first-order chi connectivity index (χ1) is 12.3. The SMILES string of the molecule is Cc1cccc(C2CCN(C(=O)[C@@H](C)C[C@@]3(C)NC(=O)NC3=O)CC2)c1. The van der Waals surface area contributed by atoms with Crippen LogP contribution in [0.25, 0.3) is 0 Å². The van der Waals surface area contributed by atoms with Crippen molar-refractivity contribution in [3.63, 3.8) is 0 Å². The van der Waals surface area contributed by atoms with Crippen LogP contribution < -0.4 is 10.6 Å². The largest absolute Gasteiger partial charge is 0.342 e. The van der Waals surface area contributed by atoms with Crippen molar-refractivity contribution in [2.45, 2.75) is 51.5 Å². The average molecular weight is 357 g/mol. The van der Waals surface area contributed by atoms with E-state index in [1.165, 1.54) is 11.1 Å². The van der Waals surface area contributed by atoms with Crippen LogP contribution in [0.3, 0.4) is 0 Å². The number of nitrogens with zero attached hydrogens (tertiary/aromatic N) is 1. The molecule has 0 bridgehead atoms. The van der Waals surface area contributed by atoms with Crippen LogP contribution in [-0.2, 0) is 9.59 Å². The molecule has 26 heavy (non-hydrogen) atoms. The molecule has 2 aliphatic rings. The molecule has 4 amide bonds. The van der Waals surface area contributed by atoms with Crippen molar-refractivity contribution in [3.05, 3.63) is 35.4 Å². The number of carbonyl (C=O) groups is 3. The fraction of sp³-hybridized carbons (Fsp3) is 0.550. The number of imide groups is 1. The van der Waals surface area contributed by atoms with Gasteiger partial charge in [0.2, 0.25) is 5.91 Å². The van der Waals surface area contributed by atoms with Gasteiger partial charge in [0.25, 0.3) is 5.91 Å². The molecule has 0 spiro atoms. The Morgan fingerprint density at radius 3 is 2.58 bits per heavy atom. The van der Waals surface area contributed by atoms with E-state index in [-0.39, 0.29) is 17.7 Å². The van der Waals surface area contributed by atoms with Gasteiger partial charge in [-0.3, -0.25) is 14.9 Å². The molecular formula is C20H27N3O3. The zero-order valence-corrected chi connectivity index (χ0v) is 15.7. The van der Waals surface area contributed by atoms with E-state index in [9.17, 15) is 14.4 Å². The molecule has 0 aliphatic carbocycles. The normalized spacial score (nSPS) is 25.0. The number of urea groups is 1. The predicted octanol–water partition coefficient (Wildman–Crippen LogP) is 2.33. The Balaban J connectivity index is 1.56. The van der Waals surface area contributed by atoms with Gasteiger partial charge in [-0.1, -0.05) is 36.8 Å². The molecule has 0 aromatic heterocycles. The number of rotatable bonds is 4. The summed E-state index contributed by atoms with van der Waals surface area (Å²) in [7, 11) is 0. The van der Waals surface area contributed by atoms with Gasteiger partial charge in [-0.25, -0.2) is 4.79 Å². The van der Waals surface area contributed by atoms with Crippen molar-refractivity contribution in [2.75, 3.05) is 13.1 Å². The molecular weight excluding hydrogens is 330 g/mol. The predicted molar refractivity (Wildman–Crippen MR) is 98.6 cm³/mol. The molecule has 2 N–H and O–H groups in total. The number of piperidine rings is 1. The summed E-state index contributed by atoms with van der Waals surface area (Å²) < 4.78 is 0. The third-order valence-corrected chi connectivity index (χ3v) is 5.57. The van der Waals surface area contributed by atoms with Crippen LogP contribution in [0.4, 0.5) is 4.79 Å². The zero-order valence-electron chi connectivity index (χ0n) is 15.7. The summed E-state index contributed by atoms with van der Waals surface area (Å²) in [6.45, 7) is 7.06. The Bertz CT molecular complexity index is 725. The highest BCUT2D eigenvalue weighted by Gasteiger charge is 2.44. The summed E-state index contributed by atoms with van der Waals surface area (Å²) in [4.78, 5) is 38.0. The van der Waals surface area contributed by atoms with Gasteiger partial charge in [-0.2, -0.15) is 0 Å². The molecule has 1 aromatic carbocycles. The zero-order chi connectivity index (χ0) is 18.9. The molecule has 6 heteroatoms. The highest BCUT2D eigenvalue weighted by molar-refractivity contribution is 6.07. The molecule has 0 unspecified atom stereocenters. The van der Waals surface area contributed by atoms with Gasteiger partial charge in [-0.15, -0.1) is 0 Å². The third kappa shape index (κ3) is 3.74. The van der Waals surface area contributed by atoms with Crippen LogP contribution in [0.1, 0.15) is 50.2 Å². The quantitative estimate of drug-likeness (QED) is 0.812. The lowest BCUT2D eigenvalue weighted by atomic mass is 9.86. The van der Waals surface area contributed by atoms with Crippen molar-refractivity contribution in [1.29, 1.82) is 0 Å². The number of aryl methyl sites for hydroxylation is 1. The van der Waals surface area contributed by atoms with Crippen molar-refractivity contribution >= 4 is 17.8 Å². The number of carbonyl (C=O) groups excluding carboxylic acids is 3. The maximum Gasteiger partial charge on any atom is 0.322 e. The molecule has 2 fully saturated rings. The van der Waals surface area contributed by atoms with E-state index in [4.69, 9.17) is 0 Å². The lowest BCUT2D eigenvalue weighted by Gasteiger charge is -2.35. The third-order valence-electron chi connectivity index (χ3n) is 5.57. The van der Waals surface area contributed by atoms with Gasteiger partial charge in [0, 0.05) is 19.0 Å². The number of nitrogens with one attached hydrogen (secondary N) is 2. The highest BCUT2D eigenvalue weighted by atomic mass is 16.2. The van der Waals surface area contributed by atoms with Gasteiger partial charge in [0.05, 0.1) is 0 Å². The Kier molecular flexibility index (Phi) is 5.03. The minimum absolute atomic E-state index is 0.0582. The van der Waals surface area contributed by atoms with E-state index >= 15 is 0 Å². The van der Waals surface area contributed by atoms with Crippen LogP contribution in [0, 0.1) is 12.8 Å². The summed E-state index contributed by atoms with van der Waals surface area (Å²) in [5.41, 5.74) is 1.61. The standard InChI is InChI=1S/C20H27N3O3/c1-13-5-4-6-16(11-13)15-7-9-23(10-8-15)17(24)14(2)12-20(3)18(25)21-19(26)22-20/h4-6,11,14-15H,7-10,12H2,1-3H3,(H2,21,22,25,26)/t14-,20+/m0/s1. The lowest BCUT2D eigenvalue weighted by molar-refractivity contribution is -0.137. The van der Waals surface area contributed by atoms with Crippen LogP contribution >= 0.6 is 0 Å². The van der Waals surface area contributed by atoms with E-state index in [0.717, 1.165) is 25.9 Å². The van der Waals surface area contributed by atoms with E-state index in [2.05, 4.69) is 41.8 Å². The van der Waals surface area contributed by atoms with Gasteiger partial charge in [0.1, 0.15) is 5.54 Å². The van der Waals surface area contributed by atoms with Crippen molar-refractivity contribution in [3.8, 4) is 0 Å². The molecule has 2 aliphatic heterocycles. The van der Waals surface area contributed by atoms with Crippen LogP contribution in [0.5, 0.6) is 0 Å². The number of hydrogen-bond acceptors (Lipinski definition) is 3. The number of benzene rings is 1. The van der Waals surface area contributed by atoms with Gasteiger partial charge in [0.15, 0.2) is 0 Å². The van der Waals surface area contributed by atoms with Gasteiger partial charge >= 0.3 is 6.03 Å². The molecule has 1 aromatic rings. The minimum Gasteiger partial charge on any atom is -0.342 e. The fourth-order valence-corrected chi connectivity index (χ4v) is 4.09. The number of hydrogen-bond donors (Lipinski definition) is 2. The summed E-state index contributed by atoms with van der Waals surface area (Å²) in [5, 5.41) is 4.88. The van der Waals surface area contributed by atoms with Gasteiger partial charge in [-0.05, 0) is 44.6 Å². The monoisotopic (exact) mass is 357 g/mol. The Morgan fingerprint density at radius 2 is 2.00 bits per heavy atom. The molecule has 2 atom stereocenters. The first-order valence-electron chi connectivity index (χ1n) is 9.27. The van der Waals surface area contributed by atoms with E-state index in [1.54, 1.807) is 6.92 Å². The fourth-order valence-electron chi connectivity index (χ4n) is 4.09. The molecule has 0 radical (unpaired) electrons. The Hall–Kier alpha value is -2.37. The molecule has 140 valence electrons. The van der Waals surface area contributed by atoms with Crippen molar-refractivity contribution < 1.29 is 14.4 Å². The summed E-state index contributed by atoms with van der Waals surface area (Å²) >= 11 is 0. The number of likely N-dealkylation sites (tertiary alicyclic amines) is 1. The van der Waals surface area contributed by atoms with E-state index in [0.29, 0.717) is 12.3 Å². The highest BCUT2D eigenvalue weighted by Crippen LogP contribution is 2.30. The maximum atomic E-state index is 12.8. The second-order valence-electron chi connectivity index (χ2n) is 7.86. The molecule has 0 saturated carbocycles. The van der Waals surface area contributed by atoms with Crippen molar-refractivity contribution in [2.24, 2.45) is 5.92 Å².